The highest BCUT2D eigenvalue weighted by Gasteiger charge is 2.30. The Balaban J connectivity index is 2.03. The van der Waals surface area contributed by atoms with E-state index in [-0.39, 0.29) is 5.78 Å². The van der Waals surface area contributed by atoms with Crippen molar-refractivity contribution in [2.75, 3.05) is 13.1 Å². The number of unbranched alkanes of at least 4 members (excludes halogenated alkanes) is 1. The molecule has 0 spiro atoms. The van der Waals surface area contributed by atoms with Gasteiger partial charge in [-0.15, -0.1) is 0 Å². The maximum Gasteiger partial charge on any atom is 0.177 e. The number of aryl methyl sites for hydroxylation is 2. The first-order chi connectivity index (χ1) is 9.11. The van der Waals surface area contributed by atoms with Crippen molar-refractivity contribution in [3.8, 4) is 0 Å². The average Bonchev–Trinajstić information content (AvgIpc) is 3.21. The van der Waals surface area contributed by atoms with Gasteiger partial charge in [0.15, 0.2) is 5.78 Å². The van der Waals surface area contributed by atoms with Gasteiger partial charge < -0.3 is 0 Å². The van der Waals surface area contributed by atoms with Crippen LogP contribution in [0.2, 0.25) is 0 Å². The second kappa shape index (κ2) is 6.33. The Morgan fingerprint density at radius 1 is 1.32 bits per heavy atom. The van der Waals surface area contributed by atoms with Crippen LogP contribution in [0.1, 0.15) is 54.1 Å². The lowest BCUT2D eigenvalue weighted by Crippen LogP contribution is -2.33. The van der Waals surface area contributed by atoms with Crippen molar-refractivity contribution >= 4 is 5.78 Å². The Hall–Kier alpha value is -1.15. The Kier molecular flexibility index (Phi) is 4.76. The summed E-state index contributed by atoms with van der Waals surface area (Å²) in [5.41, 5.74) is 3.17. The van der Waals surface area contributed by atoms with E-state index in [9.17, 15) is 4.79 Å². The molecule has 2 nitrogen and oxygen atoms in total. The number of carbonyl (C=O) groups is 1. The number of benzene rings is 1. The Morgan fingerprint density at radius 2 is 2.05 bits per heavy atom. The third kappa shape index (κ3) is 3.90. The molecule has 0 atom stereocenters. The van der Waals surface area contributed by atoms with Crippen LogP contribution in [-0.2, 0) is 0 Å². The van der Waals surface area contributed by atoms with E-state index in [1.165, 1.54) is 31.2 Å². The van der Waals surface area contributed by atoms with Crippen LogP contribution in [0.15, 0.2) is 18.2 Å². The van der Waals surface area contributed by atoms with Gasteiger partial charge in [0.2, 0.25) is 0 Å². The number of rotatable bonds is 7. The van der Waals surface area contributed by atoms with Crippen molar-refractivity contribution in [3.63, 3.8) is 0 Å². The van der Waals surface area contributed by atoms with E-state index < -0.39 is 0 Å². The van der Waals surface area contributed by atoms with Crippen LogP contribution in [0, 0.1) is 13.8 Å². The predicted molar refractivity (Wildman–Crippen MR) is 79.7 cm³/mol. The second-order valence-electron chi connectivity index (χ2n) is 5.80. The van der Waals surface area contributed by atoms with Crippen LogP contribution in [0.3, 0.4) is 0 Å². The quantitative estimate of drug-likeness (QED) is 0.695. The van der Waals surface area contributed by atoms with Crippen LogP contribution in [0.5, 0.6) is 0 Å². The zero-order valence-corrected chi connectivity index (χ0v) is 12.4. The molecule has 1 aromatic rings. The van der Waals surface area contributed by atoms with Gasteiger partial charge in [-0.05, 0) is 51.3 Å². The molecule has 0 bridgehead atoms. The molecule has 1 fully saturated rings. The zero-order chi connectivity index (χ0) is 13.8. The fraction of sp³-hybridized carbons (Fsp3) is 0.588. The molecular formula is C17H25NO. The number of hydrogen-bond donors (Lipinski definition) is 0. The van der Waals surface area contributed by atoms with Crippen LogP contribution in [0.25, 0.3) is 0 Å². The van der Waals surface area contributed by atoms with Crippen LogP contribution in [-0.4, -0.2) is 29.8 Å². The molecule has 1 aromatic carbocycles. The van der Waals surface area contributed by atoms with E-state index in [4.69, 9.17) is 0 Å². The molecule has 1 aliphatic rings. The summed E-state index contributed by atoms with van der Waals surface area (Å²) >= 11 is 0. The molecule has 0 N–H and O–H groups in total. The number of ketones is 1. The summed E-state index contributed by atoms with van der Waals surface area (Å²) in [7, 11) is 0. The Morgan fingerprint density at radius 3 is 2.68 bits per heavy atom. The molecule has 2 rings (SSSR count). The van der Waals surface area contributed by atoms with E-state index >= 15 is 0 Å². The highest BCUT2D eigenvalue weighted by Crippen LogP contribution is 2.27. The maximum absolute atomic E-state index is 12.5. The summed E-state index contributed by atoms with van der Waals surface area (Å²) in [6, 6.07) is 6.82. The molecule has 0 unspecified atom stereocenters. The molecule has 0 aliphatic heterocycles. The number of nitrogens with zero attached hydrogens (tertiary/aromatic N) is 1. The Labute approximate surface area is 116 Å². The molecule has 0 saturated heterocycles. The average molecular weight is 259 g/mol. The molecule has 2 heteroatoms. The van der Waals surface area contributed by atoms with Gasteiger partial charge in [0.05, 0.1) is 6.54 Å². The van der Waals surface area contributed by atoms with Crippen molar-refractivity contribution < 1.29 is 4.79 Å². The van der Waals surface area contributed by atoms with Gasteiger partial charge in [0.25, 0.3) is 0 Å². The number of Topliss-reactive ketones (excluding diaryl/α,β-unsaturated/α-hetero) is 1. The fourth-order valence-electron chi connectivity index (χ4n) is 2.50. The number of hydrogen-bond acceptors (Lipinski definition) is 2. The van der Waals surface area contributed by atoms with Crippen molar-refractivity contribution in [2.24, 2.45) is 0 Å². The first kappa shape index (κ1) is 14.3. The van der Waals surface area contributed by atoms with E-state index in [0.717, 1.165) is 17.7 Å². The molecule has 0 aromatic heterocycles. The topological polar surface area (TPSA) is 20.3 Å². The predicted octanol–water partition coefficient (Wildman–Crippen LogP) is 3.75. The minimum Gasteiger partial charge on any atom is -0.293 e. The van der Waals surface area contributed by atoms with Crippen molar-refractivity contribution in [2.45, 2.75) is 52.5 Å². The standard InChI is InChI=1S/C17H25NO/c1-4-5-10-18(15-8-9-15)12-17(19)16-11-13(2)6-7-14(16)3/h6-7,11,15H,4-5,8-10,12H2,1-3H3. The molecular weight excluding hydrogens is 234 g/mol. The molecule has 0 amide bonds. The van der Waals surface area contributed by atoms with Crippen LogP contribution >= 0.6 is 0 Å². The maximum atomic E-state index is 12.5. The molecule has 1 saturated carbocycles. The van der Waals surface area contributed by atoms with Gasteiger partial charge in [-0.1, -0.05) is 31.0 Å². The van der Waals surface area contributed by atoms with E-state index in [1.54, 1.807) is 0 Å². The lowest BCUT2D eigenvalue weighted by molar-refractivity contribution is 0.0923. The molecule has 104 valence electrons. The number of carbonyl (C=O) groups excluding carboxylic acids is 1. The summed E-state index contributed by atoms with van der Waals surface area (Å²) in [6.45, 7) is 7.94. The summed E-state index contributed by atoms with van der Waals surface area (Å²) in [5, 5.41) is 0. The molecule has 1 aliphatic carbocycles. The normalized spacial score (nSPS) is 14.9. The van der Waals surface area contributed by atoms with Gasteiger partial charge in [0.1, 0.15) is 0 Å². The SMILES string of the molecule is CCCCN(CC(=O)c1cc(C)ccc1C)C1CC1. The lowest BCUT2D eigenvalue weighted by atomic mass is 10.0. The van der Waals surface area contributed by atoms with E-state index in [1.807, 2.05) is 19.9 Å². The third-order valence-electron chi connectivity index (χ3n) is 3.90. The molecule has 0 heterocycles. The zero-order valence-electron chi connectivity index (χ0n) is 12.4. The largest absolute Gasteiger partial charge is 0.293 e. The van der Waals surface area contributed by atoms with E-state index in [2.05, 4.69) is 24.0 Å². The summed E-state index contributed by atoms with van der Waals surface area (Å²) in [6.07, 6.45) is 4.92. The summed E-state index contributed by atoms with van der Waals surface area (Å²) in [5.74, 6) is 0.282. The van der Waals surface area contributed by atoms with Crippen molar-refractivity contribution in [1.82, 2.24) is 4.90 Å². The highest BCUT2D eigenvalue weighted by molar-refractivity contribution is 5.99. The van der Waals surface area contributed by atoms with Crippen molar-refractivity contribution in [1.29, 1.82) is 0 Å². The lowest BCUT2D eigenvalue weighted by Gasteiger charge is -2.21. The minimum absolute atomic E-state index is 0.282. The minimum atomic E-state index is 0.282. The van der Waals surface area contributed by atoms with Gasteiger partial charge in [-0.3, -0.25) is 9.69 Å². The van der Waals surface area contributed by atoms with Gasteiger partial charge in [-0.2, -0.15) is 0 Å². The summed E-state index contributed by atoms with van der Waals surface area (Å²) in [4.78, 5) is 14.9. The fourth-order valence-corrected chi connectivity index (χ4v) is 2.50. The highest BCUT2D eigenvalue weighted by atomic mass is 16.1. The molecule has 19 heavy (non-hydrogen) atoms. The first-order valence-electron chi connectivity index (χ1n) is 7.46. The van der Waals surface area contributed by atoms with E-state index in [0.29, 0.717) is 12.6 Å². The van der Waals surface area contributed by atoms with Gasteiger partial charge in [-0.25, -0.2) is 0 Å². The third-order valence-corrected chi connectivity index (χ3v) is 3.90. The van der Waals surface area contributed by atoms with Crippen molar-refractivity contribution in [3.05, 3.63) is 34.9 Å². The van der Waals surface area contributed by atoms with Crippen LogP contribution in [0.4, 0.5) is 0 Å². The van der Waals surface area contributed by atoms with Gasteiger partial charge >= 0.3 is 0 Å². The first-order valence-corrected chi connectivity index (χ1v) is 7.46. The molecule has 0 radical (unpaired) electrons. The second-order valence-corrected chi connectivity index (χ2v) is 5.80. The smallest absolute Gasteiger partial charge is 0.177 e. The summed E-state index contributed by atoms with van der Waals surface area (Å²) < 4.78 is 0. The van der Waals surface area contributed by atoms with Gasteiger partial charge in [0, 0.05) is 11.6 Å². The Bertz CT molecular complexity index is 449. The monoisotopic (exact) mass is 259 g/mol. The van der Waals surface area contributed by atoms with Crippen LogP contribution < -0.4 is 0 Å².